The molecule has 2 heterocycles. The van der Waals surface area contributed by atoms with Crippen molar-refractivity contribution in [3.05, 3.63) is 43.0 Å². The van der Waals surface area contributed by atoms with Gasteiger partial charge in [0.2, 0.25) is 0 Å². The highest BCUT2D eigenvalue weighted by Gasteiger charge is 1.91. The quantitative estimate of drug-likeness (QED) is 0.605. The molecule has 2 aromatic heterocycles. The first-order chi connectivity index (χ1) is 5.47. The van der Waals surface area contributed by atoms with Gasteiger partial charge in [-0.2, -0.15) is 5.10 Å². The fraction of sp³-hybridized carbons (Fsp3) is 0. The molecular weight excluding hydrogens is 138 g/mol. The summed E-state index contributed by atoms with van der Waals surface area (Å²) in [6, 6.07) is 5.71. The van der Waals surface area contributed by atoms with E-state index in [1.807, 2.05) is 24.4 Å². The highest BCUT2D eigenvalue weighted by atomic mass is 15.3. The van der Waals surface area contributed by atoms with Gasteiger partial charge in [-0.05, 0) is 18.2 Å². The molecule has 0 aliphatic carbocycles. The smallest absolute Gasteiger partial charge is 0.0676 e. The molecule has 0 aliphatic heterocycles. The maximum atomic E-state index is 4.08. The SMILES string of the molecule is c1cnn(-c2ccncc2)c1. The molecule has 0 amide bonds. The van der Waals surface area contributed by atoms with Crippen LogP contribution >= 0.6 is 0 Å². The van der Waals surface area contributed by atoms with Crippen LogP contribution in [0.5, 0.6) is 0 Å². The molecule has 54 valence electrons. The summed E-state index contributed by atoms with van der Waals surface area (Å²) in [5, 5.41) is 4.08. The topological polar surface area (TPSA) is 30.7 Å². The lowest BCUT2D eigenvalue weighted by atomic mass is 10.4. The molecule has 0 unspecified atom stereocenters. The standard InChI is InChI=1S/C8H7N3/c1-4-10-11(7-1)8-2-5-9-6-3-8/h1-7H. The second-order valence-electron chi connectivity index (χ2n) is 2.16. The average Bonchev–Trinajstić information content (AvgIpc) is 2.58. The second-order valence-corrected chi connectivity index (χ2v) is 2.16. The molecule has 11 heavy (non-hydrogen) atoms. The lowest BCUT2D eigenvalue weighted by Crippen LogP contribution is -1.92. The van der Waals surface area contributed by atoms with Crippen molar-refractivity contribution in [1.29, 1.82) is 0 Å². The van der Waals surface area contributed by atoms with Crippen molar-refractivity contribution in [3.8, 4) is 5.69 Å². The van der Waals surface area contributed by atoms with Crippen molar-refractivity contribution < 1.29 is 0 Å². The Kier molecular flexibility index (Phi) is 1.41. The Labute approximate surface area is 64.3 Å². The van der Waals surface area contributed by atoms with Gasteiger partial charge in [0.15, 0.2) is 0 Å². The Balaban J connectivity index is 2.46. The molecule has 2 rings (SSSR count). The number of nitrogens with zero attached hydrogens (tertiary/aromatic N) is 3. The van der Waals surface area contributed by atoms with E-state index in [-0.39, 0.29) is 0 Å². The number of hydrogen-bond acceptors (Lipinski definition) is 2. The van der Waals surface area contributed by atoms with E-state index in [1.54, 1.807) is 23.3 Å². The second kappa shape index (κ2) is 2.54. The van der Waals surface area contributed by atoms with Gasteiger partial charge in [-0.3, -0.25) is 4.98 Å². The zero-order valence-corrected chi connectivity index (χ0v) is 5.88. The van der Waals surface area contributed by atoms with Gasteiger partial charge in [0.25, 0.3) is 0 Å². The van der Waals surface area contributed by atoms with Gasteiger partial charge in [0.1, 0.15) is 0 Å². The first-order valence-corrected chi connectivity index (χ1v) is 3.37. The van der Waals surface area contributed by atoms with Crippen molar-refractivity contribution in [2.75, 3.05) is 0 Å². The first kappa shape index (κ1) is 6.09. The van der Waals surface area contributed by atoms with Crippen LogP contribution in [0, 0.1) is 0 Å². The Bertz CT molecular complexity index is 312. The van der Waals surface area contributed by atoms with Crippen LogP contribution in [0.4, 0.5) is 0 Å². The lowest BCUT2D eigenvalue weighted by molar-refractivity contribution is 0.877. The van der Waals surface area contributed by atoms with Crippen molar-refractivity contribution in [2.45, 2.75) is 0 Å². The summed E-state index contributed by atoms with van der Waals surface area (Å²) in [6.45, 7) is 0. The van der Waals surface area contributed by atoms with Crippen molar-refractivity contribution in [3.63, 3.8) is 0 Å². The normalized spacial score (nSPS) is 9.82. The van der Waals surface area contributed by atoms with E-state index in [0.717, 1.165) is 5.69 Å². The minimum Gasteiger partial charge on any atom is -0.265 e. The third kappa shape index (κ3) is 1.12. The number of rotatable bonds is 1. The van der Waals surface area contributed by atoms with E-state index >= 15 is 0 Å². The minimum absolute atomic E-state index is 1.03. The van der Waals surface area contributed by atoms with Gasteiger partial charge in [-0.15, -0.1) is 0 Å². The van der Waals surface area contributed by atoms with Crippen molar-refractivity contribution in [2.24, 2.45) is 0 Å². The Morgan fingerprint density at radius 2 is 1.91 bits per heavy atom. The highest BCUT2D eigenvalue weighted by Crippen LogP contribution is 2.01. The van der Waals surface area contributed by atoms with Crippen LogP contribution in [-0.4, -0.2) is 14.8 Å². The fourth-order valence-corrected chi connectivity index (χ4v) is 0.918. The summed E-state index contributed by atoms with van der Waals surface area (Å²) in [5.41, 5.74) is 1.03. The molecule has 0 saturated carbocycles. The van der Waals surface area contributed by atoms with E-state index in [9.17, 15) is 0 Å². The monoisotopic (exact) mass is 145 g/mol. The molecule has 2 aromatic rings. The maximum Gasteiger partial charge on any atom is 0.0676 e. The minimum atomic E-state index is 1.03. The lowest BCUT2D eigenvalue weighted by Gasteiger charge is -1.97. The zero-order valence-electron chi connectivity index (χ0n) is 5.88. The van der Waals surface area contributed by atoms with E-state index in [2.05, 4.69) is 10.1 Å². The average molecular weight is 145 g/mol. The van der Waals surface area contributed by atoms with E-state index in [0.29, 0.717) is 0 Å². The van der Waals surface area contributed by atoms with Gasteiger partial charge in [0.05, 0.1) is 5.69 Å². The molecule has 0 aliphatic rings. The zero-order chi connectivity index (χ0) is 7.52. The summed E-state index contributed by atoms with van der Waals surface area (Å²) < 4.78 is 1.79. The Hall–Kier alpha value is -1.64. The van der Waals surface area contributed by atoms with Crippen LogP contribution in [0.25, 0.3) is 5.69 Å². The largest absolute Gasteiger partial charge is 0.265 e. The van der Waals surface area contributed by atoms with Crippen molar-refractivity contribution >= 4 is 0 Å². The maximum absolute atomic E-state index is 4.08. The van der Waals surface area contributed by atoms with Crippen LogP contribution in [0.15, 0.2) is 43.0 Å². The third-order valence-corrected chi connectivity index (χ3v) is 1.43. The van der Waals surface area contributed by atoms with E-state index in [4.69, 9.17) is 0 Å². The Morgan fingerprint density at radius 1 is 1.09 bits per heavy atom. The molecule has 0 radical (unpaired) electrons. The molecule has 3 nitrogen and oxygen atoms in total. The summed E-state index contributed by atoms with van der Waals surface area (Å²) in [4.78, 5) is 3.91. The fourth-order valence-electron chi connectivity index (χ4n) is 0.918. The molecule has 3 heteroatoms. The van der Waals surface area contributed by atoms with Crippen LogP contribution in [0.1, 0.15) is 0 Å². The highest BCUT2D eigenvalue weighted by molar-refractivity contribution is 5.26. The van der Waals surface area contributed by atoms with Gasteiger partial charge in [0, 0.05) is 24.8 Å². The molecular formula is C8H7N3. The summed E-state index contributed by atoms with van der Waals surface area (Å²) in [6.07, 6.45) is 7.14. The van der Waals surface area contributed by atoms with Gasteiger partial charge >= 0.3 is 0 Å². The molecule has 0 atom stereocenters. The molecule has 0 spiro atoms. The predicted molar refractivity (Wildman–Crippen MR) is 41.4 cm³/mol. The van der Waals surface area contributed by atoms with Gasteiger partial charge < -0.3 is 0 Å². The number of aromatic nitrogens is 3. The summed E-state index contributed by atoms with van der Waals surface area (Å²) in [5.74, 6) is 0. The summed E-state index contributed by atoms with van der Waals surface area (Å²) >= 11 is 0. The van der Waals surface area contributed by atoms with Gasteiger partial charge in [-0.1, -0.05) is 0 Å². The van der Waals surface area contributed by atoms with E-state index < -0.39 is 0 Å². The molecule has 0 N–H and O–H groups in total. The van der Waals surface area contributed by atoms with Crippen LogP contribution in [-0.2, 0) is 0 Å². The van der Waals surface area contributed by atoms with Crippen LogP contribution in [0.2, 0.25) is 0 Å². The number of hydrogen-bond donors (Lipinski definition) is 0. The van der Waals surface area contributed by atoms with Gasteiger partial charge in [-0.25, -0.2) is 4.68 Å². The van der Waals surface area contributed by atoms with Crippen molar-refractivity contribution in [1.82, 2.24) is 14.8 Å². The molecule has 0 saturated heterocycles. The van der Waals surface area contributed by atoms with E-state index in [1.165, 1.54) is 0 Å². The predicted octanol–water partition coefficient (Wildman–Crippen LogP) is 1.27. The number of pyridine rings is 1. The summed E-state index contributed by atoms with van der Waals surface area (Å²) in [7, 11) is 0. The third-order valence-electron chi connectivity index (χ3n) is 1.43. The Morgan fingerprint density at radius 3 is 2.55 bits per heavy atom. The van der Waals surface area contributed by atoms with Crippen LogP contribution < -0.4 is 0 Å². The van der Waals surface area contributed by atoms with Crippen LogP contribution in [0.3, 0.4) is 0 Å². The molecule has 0 aromatic carbocycles. The molecule has 0 fully saturated rings. The molecule has 0 bridgehead atoms. The first-order valence-electron chi connectivity index (χ1n) is 3.37.